The molecule has 4 heteroatoms. The Kier molecular flexibility index (Phi) is 14.1. The van der Waals surface area contributed by atoms with Crippen molar-refractivity contribution in [2.45, 2.75) is 104 Å². The number of ketones is 2. The molecule has 1 aromatic rings. The van der Waals surface area contributed by atoms with E-state index in [1.807, 2.05) is 19.1 Å². The van der Waals surface area contributed by atoms with E-state index in [0.717, 1.165) is 17.9 Å². The predicted octanol–water partition coefficient (Wildman–Crippen LogP) is 9.24. The summed E-state index contributed by atoms with van der Waals surface area (Å²) in [6.07, 6.45) is 18.9. The first-order valence-corrected chi connectivity index (χ1v) is 14.9. The molecular formula is C28H42O2S2. The summed E-state index contributed by atoms with van der Waals surface area (Å²) in [5.41, 5.74) is 1.13. The summed E-state index contributed by atoms with van der Waals surface area (Å²) in [5.74, 6) is 1.78. The van der Waals surface area contributed by atoms with Crippen LogP contribution in [0.15, 0.2) is 34.1 Å². The number of benzene rings is 1. The van der Waals surface area contributed by atoms with Crippen molar-refractivity contribution < 1.29 is 9.59 Å². The molecule has 0 N–H and O–H groups in total. The highest BCUT2D eigenvalue weighted by atomic mass is 32.2. The first-order chi connectivity index (χ1) is 15.7. The lowest BCUT2D eigenvalue weighted by molar-refractivity contribution is 0.0988. The standard InChI is InChI=1S/C28H42O2S2/c1-3-5-6-7-8-9-10-11-12-13-14-15-16-19-22-32-28-26(30)24-21-18-17-20-23(24)25(29)27(28)31-4-2/h17-18,20-21H,3-16,19,22H2,1-2H3. The van der Waals surface area contributed by atoms with E-state index in [-0.39, 0.29) is 11.6 Å². The van der Waals surface area contributed by atoms with Crippen LogP contribution in [0.3, 0.4) is 0 Å². The average Bonchev–Trinajstić information content (AvgIpc) is 2.81. The lowest BCUT2D eigenvalue weighted by Crippen LogP contribution is -2.19. The van der Waals surface area contributed by atoms with Gasteiger partial charge in [-0.15, -0.1) is 23.5 Å². The van der Waals surface area contributed by atoms with Crippen LogP contribution in [-0.4, -0.2) is 23.1 Å². The van der Waals surface area contributed by atoms with E-state index in [9.17, 15) is 9.59 Å². The molecule has 0 fully saturated rings. The molecule has 0 spiro atoms. The SMILES string of the molecule is CCCCCCCCCCCCCCCCSC1=C(SCC)C(=O)c2ccccc2C1=O. The van der Waals surface area contributed by atoms with Crippen LogP contribution in [0.25, 0.3) is 0 Å². The highest BCUT2D eigenvalue weighted by molar-refractivity contribution is 8.08. The molecule has 32 heavy (non-hydrogen) atoms. The minimum atomic E-state index is 0.0236. The fourth-order valence-corrected chi connectivity index (χ4v) is 6.33. The van der Waals surface area contributed by atoms with Crippen LogP contribution >= 0.6 is 23.5 Å². The summed E-state index contributed by atoms with van der Waals surface area (Å²) in [4.78, 5) is 27.2. The molecule has 0 aromatic heterocycles. The van der Waals surface area contributed by atoms with Gasteiger partial charge in [0.15, 0.2) is 0 Å². The lowest BCUT2D eigenvalue weighted by Gasteiger charge is -2.20. The van der Waals surface area contributed by atoms with E-state index in [4.69, 9.17) is 0 Å². The van der Waals surface area contributed by atoms with Crippen molar-refractivity contribution in [1.29, 1.82) is 0 Å². The van der Waals surface area contributed by atoms with Gasteiger partial charge in [0.05, 0.1) is 9.81 Å². The van der Waals surface area contributed by atoms with Crippen molar-refractivity contribution in [1.82, 2.24) is 0 Å². The number of unbranched alkanes of at least 4 members (excludes halogenated alkanes) is 13. The van der Waals surface area contributed by atoms with E-state index in [2.05, 4.69) is 6.92 Å². The van der Waals surface area contributed by atoms with Crippen LogP contribution in [0.4, 0.5) is 0 Å². The molecule has 1 aliphatic carbocycles. The number of Topliss-reactive ketones (excluding diaryl/α,β-unsaturated/α-hetero) is 2. The van der Waals surface area contributed by atoms with E-state index in [1.165, 1.54) is 95.2 Å². The van der Waals surface area contributed by atoms with Gasteiger partial charge in [0, 0.05) is 11.1 Å². The Balaban J connectivity index is 1.59. The van der Waals surface area contributed by atoms with Crippen molar-refractivity contribution >= 4 is 35.1 Å². The molecule has 178 valence electrons. The second-order valence-electron chi connectivity index (χ2n) is 8.74. The minimum Gasteiger partial charge on any atom is -0.288 e. The maximum atomic E-state index is 13.0. The zero-order chi connectivity index (χ0) is 23.0. The molecule has 0 atom stereocenters. The second-order valence-corrected chi connectivity index (χ2v) is 11.1. The van der Waals surface area contributed by atoms with Crippen LogP contribution in [0.1, 0.15) is 124 Å². The molecule has 1 aromatic carbocycles. The van der Waals surface area contributed by atoms with Crippen molar-refractivity contribution in [2.24, 2.45) is 0 Å². The Labute approximate surface area is 204 Å². The van der Waals surface area contributed by atoms with Gasteiger partial charge >= 0.3 is 0 Å². The van der Waals surface area contributed by atoms with Crippen LogP contribution in [-0.2, 0) is 0 Å². The van der Waals surface area contributed by atoms with Gasteiger partial charge in [0.2, 0.25) is 11.6 Å². The number of hydrogen-bond donors (Lipinski definition) is 0. The molecule has 1 aliphatic rings. The van der Waals surface area contributed by atoms with Gasteiger partial charge in [-0.2, -0.15) is 0 Å². The molecule has 0 radical (unpaired) electrons. The van der Waals surface area contributed by atoms with Gasteiger partial charge < -0.3 is 0 Å². The van der Waals surface area contributed by atoms with Crippen LogP contribution in [0.2, 0.25) is 0 Å². The first kappa shape index (κ1) is 27.2. The summed E-state index contributed by atoms with van der Waals surface area (Å²) in [6, 6.07) is 7.25. The Morgan fingerprint density at radius 1 is 0.562 bits per heavy atom. The Hall–Kier alpha value is -1.00. The van der Waals surface area contributed by atoms with Gasteiger partial charge in [0.25, 0.3) is 0 Å². The molecule has 2 rings (SSSR count). The quantitative estimate of drug-likeness (QED) is 0.199. The summed E-state index contributed by atoms with van der Waals surface area (Å²) in [6.45, 7) is 4.31. The number of hydrogen-bond acceptors (Lipinski definition) is 4. The summed E-state index contributed by atoms with van der Waals surface area (Å²) < 4.78 is 0. The number of thioether (sulfide) groups is 2. The van der Waals surface area contributed by atoms with Crippen LogP contribution in [0, 0.1) is 0 Å². The molecular weight excluding hydrogens is 432 g/mol. The smallest absolute Gasteiger partial charge is 0.201 e. The molecule has 0 amide bonds. The highest BCUT2D eigenvalue weighted by Crippen LogP contribution is 2.38. The Bertz CT molecular complexity index is 739. The number of rotatable bonds is 18. The molecule has 0 heterocycles. The number of fused-ring (bicyclic) bond motifs is 1. The first-order valence-electron chi connectivity index (χ1n) is 12.9. The minimum absolute atomic E-state index is 0.0236. The molecule has 0 saturated carbocycles. The number of carbonyl (C=O) groups excluding carboxylic acids is 2. The third-order valence-electron chi connectivity index (χ3n) is 6.07. The van der Waals surface area contributed by atoms with E-state index >= 15 is 0 Å². The fourth-order valence-electron chi connectivity index (χ4n) is 4.21. The Morgan fingerprint density at radius 3 is 1.41 bits per heavy atom. The average molecular weight is 475 g/mol. The van der Waals surface area contributed by atoms with Gasteiger partial charge in [-0.3, -0.25) is 9.59 Å². The Morgan fingerprint density at radius 2 is 0.969 bits per heavy atom. The second kappa shape index (κ2) is 16.6. The maximum absolute atomic E-state index is 13.0. The largest absolute Gasteiger partial charge is 0.288 e. The van der Waals surface area contributed by atoms with Crippen molar-refractivity contribution in [3.63, 3.8) is 0 Å². The van der Waals surface area contributed by atoms with E-state index in [0.29, 0.717) is 20.9 Å². The van der Waals surface area contributed by atoms with Crippen LogP contribution in [0.5, 0.6) is 0 Å². The van der Waals surface area contributed by atoms with Crippen molar-refractivity contribution in [3.05, 3.63) is 45.2 Å². The topological polar surface area (TPSA) is 34.1 Å². The van der Waals surface area contributed by atoms with Crippen molar-refractivity contribution in [2.75, 3.05) is 11.5 Å². The van der Waals surface area contributed by atoms with Gasteiger partial charge in [-0.1, -0.05) is 122 Å². The van der Waals surface area contributed by atoms with E-state index < -0.39 is 0 Å². The zero-order valence-electron chi connectivity index (χ0n) is 20.3. The summed E-state index contributed by atoms with van der Waals surface area (Å²) >= 11 is 3.11. The van der Waals surface area contributed by atoms with Gasteiger partial charge in [-0.25, -0.2) is 0 Å². The predicted molar refractivity (Wildman–Crippen MR) is 143 cm³/mol. The number of carbonyl (C=O) groups is 2. The molecule has 0 aliphatic heterocycles. The van der Waals surface area contributed by atoms with Crippen LogP contribution < -0.4 is 0 Å². The third-order valence-corrected chi connectivity index (χ3v) is 8.34. The molecule has 0 saturated heterocycles. The highest BCUT2D eigenvalue weighted by Gasteiger charge is 2.32. The maximum Gasteiger partial charge on any atom is 0.201 e. The zero-order valence-corrected chi connectivity index (χ0v) is 21.9. The van der Waals surface area contributed by atoms with Gasteiger partial charge in [0.1, 0.15) is 0 Å². The number of allylic oxidation sites excluding steroid dienone is 2. The fraction of sp³-hybridized carbons (Fsp3) is 0.643. The van der Waals surface area contributed by atoms with E-state index in [1.54, 1.807) is 23.9 Å². The summed E-state index contributed by atoms with van der Waals surface area (Å²) in [7, 11) is 0. The lowest BCUT2D eigenvalue weighted by atomic mass is 9.94. The molecule has 2 nitrogen and oxygen atoms in total. The normalized spacial score (nSPS) is 13.7. The monoisotopic (exact) mass is 474 g/mol. The summed E-state index contributed by atoms with van der Waals surface area (Å²) in [5, 5.41) is 0. The molecule has 0 unspecified atom stereocenters. The third kappa shape index (κ3) is 9.09. The van der Waals surface area contributed by atoms with Crippen molar-refractivity contribution in [3.8, 4) is 0 Å². The van der Waals surface area contributed by atoms with Gasteiger partial charge in [-0.05, 0) is 17.9 Å². The molecule has 0 bridgehead atoms.